The molecule has 0 bridgehead atoms. The molecule has 0 fully saturated rings. The second kappa shape index (κ2) is 7.40. The molecule has 0 N–H and O–H groups in total. The monoisotopic (exact) mass is 439 g/mol. The maximum Gasteiger partial charge on any atom is 0.265 e. The van der Waals surface area contributed by atoms with Gasteiger partial charge in [-0.3, -0.25) is 0 Å². The maximum absolute atomic E-state index is 2.45. The van der Waals surface area contributed by atoms with Crippen molar-refractivity contribution in [2.24, 2.45) is 0 Å². The molecule has 1 aromatic heterocycles. The number of nitrogens with zero attached hydrogens (tertiary/aromatic N) is 2. The summed E-state index contributed by atoms with van der Waals surface area (Å²) in [6.07, 6.45) is 2.39. The number of benzene rings is 4. The smallest absolute Gasteiger partial charge is 0.265 e. The molecule has 1 aliphatic rings. The topological polar surface area (TPSA) is 7.12 Å². The van der Waals surface area contributed by atoms with E-state index in [1.165, 1.54) is 52.4 Å². The summed E-state index contributed by atoms with van der Waals surface area (Å²) < 4.78 is 3.83. The van der Waals surface area contributed by atoms with Gasteiger partial charge in [-0.15, -0.1) is 0 Å². The van der Waals surface area contributed by atoms with Gasteiger partial charge in [0, 0.05) is 22.9 Å². The number of hydrogen-bond acceptors (Lipinski definition) is 3. The van der Waals surface area contributed by atoms with Crippen molar-refractivity contribution < 1.29 is 4.57 Å². The second-order valence-corrected chi connectivity index (χ2v) is 9.84. The van der Waals surface area contributed by atoms with Crippen LogP contribution in [0.4, 0.5) is 5.69 Å². The Hall–Kier alpha value is -2.82. The minimum atomic E-state index is 0.962. The third-order valence-corrected chi connectivity index (χ3v) is 8.49. The summed E-state index contributed by atoms with van der Waals surface area (Å²) >= 11 is 3.81. The lowest BCUT2D eigenvalue weighted by atomic mass is 10.1. The lowest BCUT2D eigenvalue weighted by molar-refractivity contribution is -0.665. The Labute approximate surface area is 190 Å². The Morgan fingerprint density at radius 1 is 0.839 bits per heavy atom. The van der Waals surface area contributed by atoms with Crippen LogP contribution in [0, 0.1) is 0 Å². The van der Waals surface area contributed by atoms with Crippen LogP contribution in [-0.2, 0) is 6.54 Å². The molecule has 0 amide bonds. The number of fused-ring (bicyclic) bond motifs is 6. The number of thioether (sulfide) groups is 1. The van der Waals surface area contributed by atoms with E-state index in [-0.39, 0.29) is 0 Å². The number of aromatic nitrogens is 1. The third kappa shape index (κ3) is 2.89. The lowest BCUT2D eigenvalue weighted by Gasteiger charge is -2.17. The van der Waals surface area contributed by atoms with Crippen molar-refractivity contribution in [2.45, 2.75) is 25.3 Å². The molecule has 0 atom stereocenters. The molecule has 0 saturated heterocycles. The molecule has 4 heteroatoms. The fourth-order valence-corrected chi connectivity index (χ4v) is 7.30. The zero-order valence-corrected chi connectivity index (χ0v) is 19.3. The van der Waals surface area contributed by atoms with E-state index >= 15 is 0 Å². The molecule has 2 nitrogen and oxygen atoms in total. The number of rotatable bonds is 3. The van der Waals surface area contributed by atoms with Crippen molar-refractivity contribution >= 4 is 66.6 Å². The number of anilines is 1. The van der Waals surface area contributed by atoms with Crippen LogP contribution < -0.4 is 9.47 Å². The van der Waals surface area contributed by atoms with Gasteiger partial charge in [-0.25, -0.2) is 0 Å². The highest BCUT2D eigenvalue weighted by Gasteiger charge is 2.28. The predicted octanol–water partition coefficient (Wildman–Crippen LogP) is 7.45. The van der Waals surface area contributed by atoms with Crippen LogP contribution in [0.5, 0.6) is 0 Å². The summed E-state index contributed by atoms with van der Waals surface area (Å²) in [5.41, 5.74) is 2.65. The van der Waals surface area contributed by atoms with E-state index in [9.17, 15) is 0 Å². The van der Waals surface area contributed by atoms with Crippen molar-refractivity contribution in [3.63, 3.8) is 0 Å². The fraction of sp³-hybridized carbons (Fsp3) is 0.148. The molecule has 0 spiro atoms. The van der Waals surface area contributed by atoms with Gasteiger partial charge < -0.3 is 4.90 Å². The van der Waals surface area contributed by atoms with Crippen LogP contribution in [0.15, 0.2) is 82.7 Å². The SMILES string of the molecule is CCN1/C(=C/c2sc3c4ccccc4ccc3[n+]2CC)Sc2c1ccc1ccccc21. The van der Waals surface area contributed by atoms with E-state index in [1.54, 1.807) is 0 Å². The second-order valence-electron chi connectivity index (χ2n) is 7.78. The zero-order valence-electron chi connectivity index (χ0n) is 17.6. The van der Waals surface area contributed by atoms with Crippen LogP contribution in [-0.4, -0.2) is 6.54 Å². The van der Waals surface area contributed by atoms with E-state index in [1.807, 2.05) is 23.1 Å². The Balaban J connectivity index is 1.54. The molecule has 2 heterocycles. The van der Waals surface area contributed by atoms with Crippen LogP contribution in [0.25, 0.3) is 37.8 Å². The highest BCUT2D eigenvalue weighted by Crippen LogP contribution is 2.50. The van der Waals surface area contributed by atoms with Crippen LogP contribution >= 0.6 is 23.1 Å². The van der Waals surface area contributed by atoms with Gasteiger partial charge >= 0.3 is 0 Å². The lowest BCUT2D eigenvalue weighted by Crippen LogP contribution is -2.33. The van der Waals surface area contributed by atoms with Gasteiger partial charge in [0.1, 0.15) is 11.2 Å². The van der Waals surface area contributed by atoms with Crippen molar-refractivity contribution in [3.8, 4) is 0 Å². The van der Waals surface area contributed by atoms with E-state index in [0.717, 1.165) is 13.1 Å². The summed E-state index contributed by atoms with van der Waals surface area (Å²) in [6.45, 7) is 6.41. The van der Waals surface area contributed by atoms with Crippen molar-refractivity contribution in [2.75, 3.05) is 11.4 Å². The molecule has 0 radical (unpaired) electrons. The van der Waals surface area contributed by atoms with E-state index in [0.29, 0.717) is 0 Å². The van der Waals surface area contributed by atoms with Gasteiger partial charge in [0.25, 0.3) is 5.01 Å². The first-order chi connectivity index (χ1) is 15.3. The summed E-state index contributed by atoms with van der Waals surface area (Å²) in [7, 11) is 0. The molecule has 6 rings (SSSR count). The van der Waals surface area contributed by atoms with Gasteiger partial charge in [-0.2, -0.15) is 4.57 Å². The molecule has 0 saturated carbocycles. The molecule has 152 valence electrons. The first-order valence-electron chi connectivity index (χ1n) is 10.8. The Bertz CT molecular complexity index is 1500. The molecule has 4 aromatic carbocycles. The molecular formula is C27H23N2S2+. The van der Waals surface area contributed by atoms with Crippen LogP contribution in [0.3, 0.4) is 0 Å². The Morgan fingerprint density at radius 2 is 1.55 bits per heavy atom. The highest BCUT2D eigenvalue weighted by molar-refractivity contribution is 8.04. The summed E-state index contributed by atoms with van der Waals surface area (Å²) in [6, 6.07) is 26.5. The number of aryl methyl sites for hydroxylation is 1. The average molecular weight is 440 g/mol. The Morgan fingerprint density at radius 3 is 2.32 bits per heavy atom. The van der Waals surface area contributed by atoms with Gasteiger partial charge in [0.15, 0.2) is 0 Å². The predicted molar refractivity (Wildman–Crippen MR) is 136 cm³/mol. The standard InChI is InChI=1S/C27H23N2S2/c1-3-28-22-15-13-18-9-5-7-11-20(18)26(22)30-24(28)17-25-29(4-2)23-16-14-19-10-6-8-12-21(19)27(23)31-25/h5-17H,3-4H2,1-2H3/q+1. The van der Waals surface area contributed by atoms with Crippen molar-refractivity contribution in [1.82, 2.24) is 0 Å². The largest absolute Gasteiger partial charge is 0.335 e. The van der Waals surface area contributed by atoms with E-state index in [2.05, 4.69) is 102 Å². The van der Waals surface area contributed by atoms with Crippen LogP contribution in [0.1, 0.15) is 18.9 Å². The summed E-state index contributed by atoms with van der Waals surface area (Å²) in [5.74, 6) is 0. The van der Waals surface area contributed by atoms with Crippen molar-refractivity contribution in [1.29, 1.82) is 0 Å². The maximum atomic E-state index is 2.45. The average Bonchev–Trinajstić information content (AvgIpc) is 3.36. The molecular weight excluding hydrogens is 416 g/mol. The van der Waals surface area contributed by atoms with Gasteiger partial charge in [0.2, 0.25) is 5.52 Å². The fourth-order valence-electron chi connectivity index (χ4n) is 4.63. The molecule has 1 aliphatic heterocycles. The van der Waals surface area contributed by atoms with E-state index < -0.39 is 0 Å². The molecule has 0 aliphatic carbocycles. The summed E-state index contributed by atoms with van der Waals surface area (Å²) in [4.78, 5) is 3.83. The summed E-state index contributed by atoms with van der Waals surface area (Å²) in [5, 5.41) is 7.93. The minimum absolute atomic E-state index is 0.962. The van der Waals surface area contributed by atoms with Crippen LogP contribution in [0.2, 0.25) is 0 Å². The molecule has 31 heavy (non-hydrogen) atoms. The highest BCUT2D eigenvalue weighted by atomic mass is 32.2. The minimum Gasteiger partial charge on any atom is -0.335 e. The normalized spacial score (nSPS) is 14.9. The first-order valence-corrected chi connectivity index (χ1v) is 12.4. The van der Waals surface area contributed by atoms with Crippen molar-refractivity contribution in [3.05, 3.63) is 82.8 Å². The number of hydrogen-bond donors (Lipinski definition) is 0. The Kier molecular flexibility index (Phi) is 4.51. The molecule has 5 aromatic rings. The van der Waals surface area contributed by atoms with E-state index in [4.69, 9.17) is 0 Å². The molecule has 0 unspecified atom stereocenters. The first kappa shape index (κ1) is 18.9. The number of thiazole rings is 1. The quantitative estimate of drug-likeness (QED) is 0.270. The van der Waals surface area contributed by atoms with Gasteiger partial charge in [-0.1, -0.05) is 77.7 Å². The third-order valence-electron chi connectivity index (χ3n) is 6.12. The van der Waals surface area contributed by atoms with Gasteiger partial charge in [0.05, 0.1) is 16.8 Å². The van der Waals surface area contributed by atoms with Gasteiger partial charge in [-0.05, 0) is 42.1 Å². The zero-order chi connectivity index (χ0) is 20.9.